The molecule has 1 atom stereocenters. The predicted molar refractivity (Wildman–Crippen MR) is 99.8 cm³/mol. The number of hydrogen-bond donors (Lipinski definition) is 4. The molecule has 0 saturated carbocycles. The second kappa shape index (κ2) is 8.17. The first kappa shape index (κ1) is 20.4. The van der Waals surface area contributed by atoms with Crippen LogP contribution in [0.2, 0.25) is 0 Å². The lowest BCUT2D eigenvalue weighted by Crippen LogP contribution is -2.30. The number of sulfonamides is 1. The minimum Gasteiger partial charge on any atom is -0.344 e. The van der Waals surface area contributed by atoms with Gasteiger partial charge in [-0.1, -0.05) is 12.1 Å². The third kappa shape index (κ3) is 4.07. The Hall–Kier alpha value is -1.94. The molecule has 1 amide bonds. The number of amides is 1. The molecule has 0 spiro atoms. The highest BCUT2D eigenvalue weighted by atomic mass is 35.5. The highest BCUT2D eigenvalue weighted by Gasteiger charge is 2.23. The van der Waals surface area contributed by atoms with Crippen LogP contribution in [0.4, 0.5) is 0 Å². The summed E-state index contributed by atoms with van der Waals surface area (Å²) in [6.45, 7) is 3.34. The number of fused-ring (bicyclic) bond motifs is 1. The first-order valence-electron chi connectivity index (χ1n) is 8.03. The lowest BCUT2D eigenvalue weighted by molar-refractivity contribution is 0.0933. The summed E-state index contributed by atoms with van der Waals surface area (Å²) >= 11 is 0. The minimum absolute atomic E-state index is 0. The van der Waals surface area contributed by atoms with Gasteiger partial charge in [0.2, 0.25) is 10.0 Å². The zero-order chi connectivity index (χ0) is 18.0. The first-order chi connectivity index (χ1) is 11.9. The lowest BCUT2D eigenvalue weighted by atomic mass is 10.1. The largest absolute Gasteiger partial charge is 0.344 e. The van der Waals surface area contributed by atoms with Crippen molar-refractivity contribution in [2.75, 3.05) is 13.6 Å². The molecule has 1 aliphatic heterocycles. The quantitative estimate of drug-likeness (QED) is 0.595. The molecule has 8 nitrogen and oxygen atoms in total. The molecule has 0 radical (unpaired) electrons. The van der Waals surface area contributed by atoms with Gasteiger partial charge < -0.3 is 10.6 Å². The molecule has 1 aliphatic rings. The molecule has 26 heavy (non-hydrogen) atoms. The van der Waals surface area contributed by atoms with Crippen molar-refractivity contribution < 1.29 is 13.2 Å². The van der Waals surface area contributed by atoms with Crippen molar-refractivity contribution in [2.24, 2.45) is 0 Å². The van der Waals surface area contributed by atoms with Gasteiger partial charge in [-0.05, 0) is 31.7 Å². The number of nitrogens with zero attached hydrogens (tertiary/aromatic N) is 1. The van der Waals surface area contributed by atoms with Gasteiger partial charge in [0, 0.05) is 30.8 Å². The number of halogens is 1. The Bertz CT molecular complexity index is 880. The zero-order valence-electron chi connectivity index (χ0n) is 14.5. The van der Waals surface area contributed by atoms with Gasteiger partial charge in [0.15, 0.2) is 5.69 Å². The molecule has 0 aliphatic carbocycles. The average molecular weight is 400 g/mol. The predicted octanol–water partition coefficient (Wildman–Crippen LogP) is 0.876. The van der Waals surface area contributed by atoms with Crippen LogP contribution >= 0.6 is 12.4 Å². The van der Waals surface area contributed by atoms with Gasteiger partial charge in [0.25, 0.3) is 5.91 Å². The molecule has 2 aromatic rings. The SMILES string of the molecule is CNS(=O)(=O)c1ccc(C(C)NC(=O)c2n[nH]c3c2CNCC3)cc1.Cl. The van der Waals surface area contributed by atoms with E-state index in [1.165, 1.54) is 19.2 Å². The van der Waals surface area contributed by atoms with E-state index in [1.807, 2.05) is 6.92 Å². The van der Waals surface area contributed by atoms with E-state index >= 15 is 0 Å². The summed E-state index contributed by atoms with van der Waals surface area (Å²) in [5.74, 6) is -0.249. The fourth-order valence-corrected chi connectivity index (χ4v) is 3.54. The van der Waals surface area contributed by atoms with Crippen LogP contribution in [-0.4, -0.2) is 38.1 Å². The van der Waals surface area contributed by atoms with E-state index < -0.39 is 10.0 Å². The van der Waals surface area contributed by atoms with Gasteiger partial charge in [-0.15, -0.1) is 12.4 Å². The van der Waals surface area contributed by atoms with Crippen LogP contribution < -0.4 is 15.4 Å². The molecule has 0 fully saturated rings. The van der Waals surface area contributed by atoms with Crippen LogP contribution in [0.5, 0.6) is 0 Å². The summed E-state index contributed by atoms with van der Waals surface area (Å²) < 4.78 is 25.8. The fraction of sp³-hybridized carbons (Fsp3) is 0.375. The third-order valence-corrected chi connectivity index (χ3v) is 5.76. The number of nitrogens with one attached hydrogen (secondary N) is 4. The molecule has 0 bridgehead atoms. The number of aromatic nitrogens is 2. The molecular weight excluding hydrogens is 378 g/mol. The maximum atomic E-state index is 12.5. The monoisotopic (exact) mass is 399 g/mol. The molecule has 2 heterocycles. The van der Waals surface area contributed by atoms with Gasteiger partial charge in [0.1, 0.15) is 0 Å². The summed E-state index contributed by atoms with van der Waals surface area (Å²) in [4.78, 5) is 12.7. The summed E-state index contributed by atoms with van der Waals surface area (Å²) in [6.07, 6.45) is 0.826. The number of aromatic amines is 1. The molecule has 1 aromatic carbocycles. The Labute approximate surface area is 158 Å². The number of H-pyrrole nitrogens is 1. The van der Waals surface area contributed by atoms with E-state index in [9.17, 15) is 13.2 Å². The Kier molecular flexibility index (Phi) is 6.40. The first-order valence-corrected chi connectivity index (χ1v) is 9.52. The second-order valence-corrected chi connectivity index (χ2v) is 7.81. The van der Waals surface area contributed by atoms with E-state index in [4.69, 9.17) is 0 Å². The lowest BCUT2D eigenvalue weighted by Gasteiger charge is -2.16. The molecule has 0 saturated heterocycles. The third-order valence-electron chi connectivity index (χ3n) is 4.33. The highest BCUT2D eigenvalue weighted by molar-refractivity contribution is 7.89. The van der Waals surface area contributed by atoms with Crippen LogP contribution in [0.25, 0.3) is 0 Å². The number of carbonyl (C=O) groups is 1. The van der Waals surface area contributed by atoms with Crippen LogP contribution in [-0.2, 0) is 23.0 Å². The summed E-state index contributed by atoms with van der Waals surface area (Å²) in [5, 5.41) is 13.2. The number of rotatable bonds is 5. The second-order valence-electron chi connectivity index (χ2n) is 5.93. The van der Waals surface area contributed by atoms with Gasteiger partial charge in [-0.3, -0.25) is 9.89 Å². The summed E-state index contributed by atoms with van der Waals surface area (Å²) in [5.41, 5.74) is 3.12. The standard InChI is InChI=1S/C16H21N5O3S.ClH/c1-10(11-3-5-12(6-4-11)25(23,24)17-2)19-16(22)15-13-9-18-8-7-14(13)20-21-15;/h3-6,10,17-18H,7-9H2,1-2H3,(H,19,22)(H,20,21);1H. The highest BCUT2D eigenvalue weighted by Crippen LogP contribution is 2.19. The van der Waals surface area contributed by atoms with Crippen molar-refractivity contribution in [1.29, 1.82) is 0 Å². The maximum absolute atomic E-state index is 12.5. The van der Waals surface area contributed by atoms with E-state index in [0.29, 0.717) is 12.2 Å². The van der Waals surface area contributed by atoms with Crippen molar-refractivity contribution in [2.45, 2.75) is 30.8 Å². The Morgan fingerprint density at radius 1 is 1.27 bits per heavy atom. The minimum atomic E-state index is -3.47. The maximum Gasteiger partial charge on any atom is 0.272 e. The van der Waals surface area contributed by atoms with Crippen LogP contribution in [0, 0.1) is 0 Å². The van der Waals surface area contributed by atoms with Crippen molar-refractivity contribution in [3.63, 3.8) is 0 Å². The van der Waals surface area contributed by atoms with E-state index in [2.05, 4.69) is 25.6 Å². The molecular formula is C16H22ClN5O3S. The molecule has 3 rings (SSSR count). The topological polar surface area (TPSA) is 116 Å². The Morgan fingerprint density at radius 2 is 1.96 bits per heavy atom. The van der Waals surface area contributed by atoms with Crippen LogP contribution in [0.15, 0.2) is 29.2 Å². The van der Waals surface area contributed by atoms with Crippen LogP contribution in [0.1, 0.15) is 40.3 Å². The van der Waals surface area contributed by atoms with Crippen molar-refractivity contribution in [3.8, 4) is 0 Å². The van der Waals surface area contributed by atoms with Crippen molar-refractivity contribution >= 4 is 28.3 Å². The molecule has 1 aromatic heterocycles. The number of benzene rings is 1. The van der Waals surface area contributed by atoms with Gasteiger partial charge in [0.05, 0.1) is 10.9 Å². The fourth-order valence-electron chi connectivity index (χ4n) is 2.81. The normalized spacial score (nSPS) is 14.8. The van der Waals surface area contributed by atoms with E-state index in [0.717, 1.165) is 29.8 Å². The van der Waals surface area contributed by atoms with Gasteiger partial charge in [-0.25, -0.2) is 13.1 Å². The summed E-state index contributed by atoms with van der Waals surface area (Å²) in [7, 11) is -2.10. The summed E-state index contributed by atoms with van der Waals surface area (Å²) in [6, 6.07) is 6.14. The smallest absolute Gasteiger partial charge is 0.272 e. The molecule has 142 valence electrons. The zero-order valence-corrected chi connectivity index (χ0v) is 16.1. The van der Waals surface area contributed by atoms with E-state index in [-0.39, 0.29) is 29.3 Å². The van der Waals surface area contributed by atoms with E-state index in [1.54, 1.807) is 12.1 Å². The van der Waals surface area contributed by atoms with Crippen molar-refractivity contribution in [3.05, 3.63) is 46.8 Å². The molecule has 10 heteroatoms. The Morgan fingerprint density at radius 3 is 2.62 bits per heavy atom. The number of carbonyl (C=O) groups excluding carboxylic acids is 1. The van der Waals surface area contributed by atoms with Crippen LogP contribution in [0.3, 0.4) is 0 Å². The number of hydrogen-bond acceptors (Lipinski definition) is 5. The molecule has 1 unspecified atom stereocenters. The van der Waals surface area contributed by atoms with Gasteiger partial charge >= 0.3 is 0 Å². The molecule has 4 N–H and O–H groups in total. The Balaban J connectivity index is 0.00000243. The van der Waals surface area contributed by atoms with Gasteiger partial charge in [-0.2, -0.15) is 5.10 Å². The average Bonchev–Trinajstić information content (AvgIpc) is 3.06. The van der Waals surface area contributed by atoms with Crippen molar-refractivity contribution in [1.82, 2.24) is 25.6 Å².